The molecule has 2 aromatic rings. The summed E-state index contributed by atoms with van der Waals surface area (Å²) in [5.41, 5.74) is 5.40. The fourth-order valence-corrected chi connectivity index (χ4v) is 6.09. The molecule has 2 atom stereocenters. The van der Waals surface area contributed by atoms with Crippen LogP contribution in [-0.4, -0.2) is 71.7 Å². The molecule has 0 spiro atoms. The van der Waals surface area contributed by atoms with Crippen LogP contribution in [0.3, 0.4) is 0 Å². The number of rotatable bonds is 9. The third kappa shape index (κ3) is 5.85. The second-order valence-corrected chi connectivity index (χ2v) is 10.4. The summed E-state index contributed by atoms with van der Waals surface area (Å²) in [5, 5.41) is 3.80. The molecule has 0 unspecified atom stereocenters. The van der Waals surface area contributed by atoms with Gasteiger partial charge in [-0.25, -0.2) is 0 Å². The van der Waals surface area contributed by atoms with Crippen LogP contribution in [0.4, 0.5) is 0 Å². The van der Waals surface area contributed by atoms with Crippen molar-refractivity contribution in [1.29, 1.82) is 0 Å². The van der Waals surface area contributed by atoms with E-state index < -0.39 is 0 Å². The Labute approximate surface area is 205 Å². The average Bonchev–Trinajstić information content (AvgIpc) is 2.90. The molecule has 4 heterocycles. The molecule has 0 bridgehead atoms. The Morgan fingerprint density at radius 2 is 1.79 bits per heavy atom. The van der Waals surface area contributed by atoms with E-state index in [0.29, 0.717) is 18.1 Å². The minimum Gasteiger partial charge on any atom is -0.381 e. The van der Waals surface area contributed by atoms with E-state index in [9.17, 15) is 0 Å². The highest BCUT2D eigenvalue weighted by molar-refractivity contribution is 5.26. The Balaban J connectivity index is 1.22. The fraction of sp³-hybridized carbons (Fsp3) is 0.643. The van der Waals surface area contributed by atoms with Crippen LogP contribution in [0, 0.1) is 0 Å². The Hall–Kier alpha value is -1.86. The van der Waals surface area contributed by atoms with Gasteiger partial charge in [-0.3, -0.25) is 14.9 Å². The molecule has 34 heavy (non-hydrogen) atoms. The molecule has 0 aromatic carbocycles. The molecule has 1 saturated heterocycles. The van der Waals surface area contributed by atoms with E-state index in [2.05, 4.69) is 51.4 Å². The van der Waals surface area contributed by atoms with Gasteiger partial charge >= 0.3 is 0 Å². The summed E-state index contributed by atoms with van der Waals surface area (Å²) in [5.74, 6) is 0. The first-order chi connectivity index (χ1) is 16.8. The Bertz CT molecular complexity index is 915. The summed E-state index contributed by atoms with van der Waals surface area (Å²) in [6.45, 7) is 6.14. The van der Waals surface area contributed by atoms with E-state index >= 15 is 0 Å². The van der Waals surface area contributed by atoms with Gasteiger partial charge in [0.05, 0.1) is 11.7 Å². The number of aromatic nitrogens is 2. The van der Waals surface area contributed by atoms with Gasteiger partial charge in [-0.05, 0) is 88.3 Å². The third-order valence-corrected chi connectivity index (χ3v) is 8.09. The van der Waals surface area contributed by atoms with Gasteiger partial charge in [0.25, 0.3) is 0 Å². The van der Waals surface area contributed by atoms with E-state index in [4.69, 9.17) is 9.72 Å². The van der Waals surface area contributed by atoms with Gasteiger partial charge in [0.1, 0.15) is 0 Å². The normalized spacial score (nSPS) is 23.1. The van der Waals surface area contributed by atoms with E-state index in [1.165, 1.54) is 74.0 Å². The highest BCUT2D eigenvalue weighted by atomic mass is 16.5. The minimum absolute atomic E-state index is 0.435. The number of hydrogen-bond acceptors (Lipinski definition) is 6. The Kier molecular flexibility index (Phi) is 8.22. The molecule has 0 saturated carbocycles. The second kappa shape index (κ2) is 11.7. The lowest BCUT2D eigenvalue weighted by molar-refractivity contribution is 0.0421. The summed E-state index contributed by atoms with van der Waals surface area (Å²) >= 11 is 0. The Morgan fingerprint density at radius 1 is 1.00 bits per heavy atom. The van der Waals surface area contributed by atoms with Crippen molar-refractivity contribution in [3.05, 3.63) is 59.2 Å². The smallest absolute Gasteiger partial charge is 0.0607 e. The maximum atomic E-state index is 5.55. The fourth-order valence-electron chi connectivity index (χ4n) is 6.09. The van der Waals surface area contributed by atoms with E-state index in [1.807, 2.05) is 12.4 Å². The van der Waals surface area contributed by atoms with Gasteiger partial charge in [-0.15, -0.1) is 0 Å². The largest absolute Gasteiger partial charge is 0.381 e. The van der Waals surface area contributed by atoms with E-state index in [-0.39, 0.29) is 0 Å². The zero-order valence-corrected chi connectivity index (χ0v) is 20.8. The van der Waals surface area contributed by atoms with E-state index in [0.717, 1.165) is 39.3 Å². The highest BCUT2D eigenvalue weighted by Gasteiger charge is 2.30. The van der Waals surface area contributed by atoms with Crippen molar-refractivity contribution >= 4 is 0 Å². The number of nitrogens with one attached hydrogen (secondary N) is 1. The molecule has 0 amide bonds. The first kappa shape index (κ1) is 23.9. The van der Waals surface area contributed by atoms with Crippen molar-refractivity contribution in [2.24, 2.45) is 0 Å². The molecular weight excluding hydrogens is 422 g/mol. The summed E-state index contributed by atoms with van der Waals surface area (Å²) in [4.78, 5) is 14.9. The van der Waals surface area contributed by atoms with Crippen LogP contribution in [0.2, 0.25) is 0 Å². The molecule has 1 fully saturated rings. The second-order valence-electron chi connectivity index (χ2n) is 10.4. The molecule has 184 valence electrons. The van der Waals surface area contributed by atoms with Crippen LogP contribution in [-0.2, 0) is 24.1 Å². The topological polar surface area (TPSA) is 53.5 Å². The average molecular weight is 464 g/mol. The molecule has 0 radical (unpaired) electrons. The molecule has 5 rings (SSSR count). The van der Waals surface area contributed by atoms with Gasteiger partial charge in [0.15, 0.2) is 0 Å². The summed E-state index contributed by atoms with van der Waals surface area (Å²) < 4.78 is 5.55. The predicted octanol–water partition coefficient (Wildman–Crippen LogP) is 3.76. The van der Waals surface area contributed by atoms with Gasteiger partial charge in [-0.1, -0.05) is 12.1 Å². The molecule has 2 aromatic heterocycles. The summed E-state index contributed by atoms with van der Waals surface area (Å²) in [7, 11) is 2.30. The van der Waals surface area contributed by atoms with Crippen molar-refractivity contribution in [3.8, 4) is 0 Å². The lowest BCUT2D eigenvalue weighted by Gasteiger charge is -2.38. The van der Waals surface area contributed by atoms with Crippen LogP contribution in [0.25, 0.3) is 0 Å². The molecule has 3 aliphatic rings. The van der Waals surface area contributed by atoms with Crippen LogP contribution < -0.4 is 5.32 Å². The molecular formula is C28H41N5O. The van der Waals surface area contributed by atoms with Crippen molar-refractivity contribution < 1.29 is 4.74 Å². The summed E-state index contributed by atoms with van der Waals surface area (Å²) in [6, 6.07) is 10.2. The maximum absolute atomic E-state index is 5.55. The predicted molar refractivity (Wildman–Crippen MR) is 136 cm³/mol. The number of aryl methyl sites for hydroxylation is 1. The first-order valence-corrected chi connectivity index (χ1v) is 13.4. The third-order valence-electron chi connectivity index (χ3n) is 8.09. The van der Waals surface area contributed by atoms with Crippen LogP contribution in [0.5, 0.6) is 0 Å². The van der Waals surface area contributed by atoms with Crippen LogP contribution in [0.1, 0.15) is 67.1 Å². The Morgan fingerprint density at radius 3 is 2.68 bits per heavy atom. The maximum Gasteiger partial charge on any atom is 0.0607 e. The summed E-state index contributed by atoms with van der Waals surface area (Å²) in [6.07, 6.45) is 13.4. The zero-order valence-electron chi connectivity index (χ0n) is 20.8. The molecule has 6 nitrogen and oxygen atoms in total. The van der Waals surface area contributed by atoms with Crippen molar-refractivity contribution in [2.45, 2.75) is 76.0 Å². The van der Waals surface area contributed by atoms with Crippen LogP contribution >= 0.6 is 0 Å². The van der Waals surface area contributed by atoms with Gasteiger partial charge < -0.3 is 15.0 Å². The lowest BCUT2D eigenvalue weighted by Crippen LogP contribution is -2.47. The van der Waals surface area contributed by atoms with Gasteiger partial charge in [-0.2, -0.15) is 0 Å². The standard InChI is InChI=1S/C28H41N5O/c1-32(25-11-17-34-18-12-25)15-2-3-16-33(27-10-4-7-22-8-5-14-30-28(22)27)21-24-19-26-23(20-31-24)9-6-13-29-26/h5-6,8-9,13-14,24-25,27,31H,2-4,7,10-12,15-21H2,1H3/t24-,27+/m1/s1. The molecule has 6 heteroatoms. The first-order valence-electron chi connectivity index (χ1n) is 13.4. The number of nitrogens with zero attached hydrogens (tertiary/aromatic N) is 4. The SMILES string of the molecule is CN(CCCCN(C[C@H]1Cc2ncccc2CN1)[C@H]1CCCc2cccnc21)C1CCOCC1. The van der Waals surface area contributed by atoms with Gasteiger partial charge in [0.2, 0.25) is 0 Å². The van der Waals surface area contributed by atoms with Crippen LogP contribution in [0.15, 0.2) is 36.7 Å². The van der Waals surface area contributed by atoms with Gasteiger partial charge in [0, 0.05) is 62.9 Å². The number of ether oxygens (including phenoxy) is 1. The monoisotopic (exact) mass is 463 g/mol. The number of fused-ring (bicyclic) bond motifs is 2. The molecule has 2 aliphatic heterocycles. The number of unbranched alkanes of at least 4 members (excludes halogenated alkanes) is 1. The molecule has 1 aliphatic carbocycles. The lowest BCUT2D eigenvalue weighted by atomic mass is 9.90. The van der Waals surface area contributed by atoms with Crippen molar-refractivity contribution in [3.63, 3.8) is 0 Å². The quantitative estimate of drug-likeness (QED) is 0.572. The molecule has 1 N–H and O–H groups in total. The number of pyridine rings is 2. The van der Waals surface area contributed by atoms with E-state index in [1.54, 1.807) is 0 Å². The minimum atomic E-state index is 0.435. The highest BCUT2D eigenvalue weighted by Crippen LogP contribution is 2.33. The van der Waals surface area contributed by atoms with Crippen molar-refractivity contribution in [2.75, 3.05) is 39.9 Å². The number of hydrogen-bond donors (Lipinski definition) is 1. The zero-order chi connectivity index (χ0) is 23.2. The van der Waals surface area contributed by atoms with Crippen molar-refractivity contribution in [1.82, 2.24) is 25.1 Å².